The summed E-state index contributed by atoms with van der Waals surface area (Å²) in [4.78, 5) is 2.36. The fraction of sp³-hybridized carbons (Fsp3) is 0.0400. The van der Waals surface area contributed by atoms with Crippen molar-refractivity contribution < 1.29 is 0 Å². The maximum atomic E-state index is 2.38. The van der Waals surface area contributed by atoms with Crippen molar-refractivity contribution in [2.45, 2.75) is 12.3 Å². The van der Waals surface area contributed by atoms with Gasteiger partial charge in [0.15, 0.2) is 0 Å². The van der Waals surface area contributed by atoms with Gasteiger partial charge < -0.3 is 4.90 Å². The first-order valence-electron chi connectivity index (χ1n) is 17.8. The van der Waals surface area contributed by atoms with Gasteiger partial charge in [-0.15, -0.1) is 0 Å². The Bertz CT molecular complexity index is 2450. The van der Waals surface area contributed by atoms with Gasteiger partial charge in [0.25, 0.3) is 0 Å². The molecule has 1 heteroatoms. The number of anilines is 3. The molecule has 0 spiro atoms. The van der Waals surface area contributed by atoms with Crippen LogP contribution < -0.4 is 4.90 Å². The smallest absolute Gasteiger partial charge is 0.0462 e. The normalized spacial score (nSPS) is 14.0. The number of hydrogen-bond acceptors (Lipinski definition) is 1. The zero-order valence-electron chi connectivity index (χ0n) is 28.4. The Balaban J connectivity index is 1.08. The maximum absolute atomic E-state index is 2.38. The first-order chi connectivity index (χ1) is 25.3. The molecule has 0 heterocycles. The lowest BCUT2D eigenvalue weighted by Gasteiger charge is -2.26. The highest BCUT2D eigenvalue weighted by Crippen LogP contribution is 2.41. The Morgan fingerprint density at radius 3 is 1.43 bits per heavy atom. The van der Waals surface area contributed by atoms with Crippen LogP contribution >= 0.6 is 0 Å². The van der Waals surface area contributed by atoms with Gasteiger partial charge in [0.1, 0.15) is 0 Å². The SMILES string of the molecule is C1=CC(c2ccccc2)CC=C1c1ccc(N(c2ccc(-c3ccccc3)cc2)c2ccc(-c3c4ccccc4cc4ccccc34)cc2)cc1. The first-order valence-corrected chi connectivity index (χ1v) is 17.8. The monoisotopic (exact) mass is 651 g/mol. The molecular formula is C50H37N. The second kappa shape index (κ2) is 13.5. The lowest BCUT2D eigenvalue weighted by atomic mass is 9.88. The van der Waals surface area contributed by atoms with Gasteiger partial charge in [-0.05, 0) is 109 Å². The van der Waals surface area contributed by atoms with Crippen molar-refractivity contribution in [3.63, 3.8) is 0 Å². The molecule has 0 saturated carbocycles. The Morgan fingerprint density at radius 1 is 0.412 bits per heavy atom. The van der Waals surface area contributed by atoms with E-state index in [0.29, 0.717) is 5.92 Å². The van der Waals surface area contributed by atoms with E-state index in [9.17, 15) is 0 Å². The molecule has 0 aliphatic heterocycles. The van der Waals surface area contributed by atoms with Crippen molar-refractivity contribution in [1.29, 1.82) is 0 Å². The van der Waals surface area contributed by atoms with Gasteiger partial charge in [0, 0.05) is 23.0 Å². The molecule has 0 fully saturated rings. The average Bonchev–Trinajstić information content (AvgIpc) is 3.22. The second-order valence-corrected chi connectivity index (χ2v) is 13.3. The van der Waals surface area contributed by atoms with Crippen LogP contribution in [-0.4, -0.2) is 0 Å². The molecule has 0 saturated heterocycles. The van der Waals surface area contributed by atoms with Crippen molar-refractivity contribution in [2.24, 2.45) is 0 Å². The predicted molar refractivity (Wildman–Crippen MR) is 218 cm³/mol. The van der Waals surface area contributed by atoms with E-state index in [2.05, 4.69) is 211 Å². The summed E-state index contributed by atoms with van der Waals surface area (Å²) in [6.07, 6.45) is 8.02. The van der Waals surface area contributed by atoms with E-state index in [0.717, 1.165) is 23.5 Å². The van der Waals surface area contributed by atoms with E-state index in [1.54, 1.807) is 0 Å². The summed E-state index contributed by atoms with van der Waals surface area (Å²) in [5, 5.41) is 5.06. The van der Waals surface area contributed by atoms with Gasteiger partial charge in [-0.25, -0.2) is 0 Å². The van der Waals surface area contributed by atoms with Crippen LogP contribution in [0.3, 0.4) is 0 Å². The van der Waals surface area contributed by atoms with Crippen molar-refractivity contribution in [1.82, 2.24) is 0 Å². The van der Waals surface area contributed by atoms with Crippen LogP contribution in [0.1, 0.15) is 23.5 Å². The van der Waals surface area contributed by atoms with E-state index in [1.165, 1.54) is 60.5 Å². The molecule has 1 aliphatic rings. The maximum Gasteiger partial charge on any atom is 0.0462 e. The molecular weight excluding hydrogens is 615 g/mol. The van der Waals surface area contributed by atoms with Crippen LogP contribution in [0.15, 0.2) is 206 Å². The first kappa shape index (κ1) is 30.6. The molecule has 1 atom stereocenters. The topological polar surface area (TPSA) is 3.24 Å². The number of hydrogen-bond donors (Lipinski definition) is 0. The highest BCUT2D eigenvalue weighted by Gasteiger charge is 2.17. The largest absolute Gasteiger partial charge is 0.311 e. The summed E-state index contributed by atoms with van der Waals surface area (Å²) >= 11 is 0. The van der Waals surface area contributed by atoms with E-state index in [1.807, 2.05) is 0 Å². The Kier molecular flexibility index (Phi) is 8.08. The Hall–Kier alpha value is -6.44. The molecule has 0 bridgehead atoms. The van der Waals surface area contributed by atoms with Gasteiger partial charge in [-0.2, -0.15) is 0 Å². The Labute approximate surface area is 300 Å². The molecule has 242 valence electrons. The van der Waals surface area contributed by atoms with Crippen molar-refractivity contribution >= 4 is 44.2 Å². The number of rotatable bonds is 7. The van der Waals surface area contributed by atoms with Crippen molar-refractivity contribution in [3.05, 3.63) is 217 Å². The standard InChI is InChI=1S/C50H37N/c1-3-11-36(12-4-1)38-19-21-39(22-20-38)41-25-31-46(32-26-41)51(45-29-23-40(24-30-45)37-13-5-2-6-14-37)47-33-27-42(28-34-47)50-48-17-9-7-15-43(48)35-44-16-8-10-18-49(44)50/h1-19,21-35,38H,20H2. The highest BCUT2D eigenvalue weighted by molar-refractivity contribution is 6.12. The minimum Gasteiger partial charge on any atom is -0.311 e. The third-order valence-corrected chi connectivity index (χ3v) is 10.2. The van der Waals surface area contributed by atoms with E-state index in [4.69, 9.17) is 0 Å². The predicted octanol–water partition coefficient (Wildman–Crippen LogP) is 13.9. The molecule has 1 aliphatic carbocycles. The molecule has 1 unspecified atom stereocenters. The second-order valence-electron chi connectivity index (χ2n) is 13.3. The van der Waals surface area contributed by atoms with Gasteiger partial charge >= 0.3 is 0 Å². The van der Waals surface area contributed by atoms with Crippen LogP contribution in [0.2, 0.25) is 0 Å². The van der Waals surface area contributed by atoms with Crippen LogP contribution in [-0.2, 0) is 0 Å². The van der Waals surface area contributed by atoms with E-state index >= 15 is 0 Å². The molecule has 8 aromatic carbocycles. The fourth-order valence-corrected chi connectivity index (χ4v) is 7.57. The highest BCUT2D eigenvalue weighted by atomic mass is 15.1. The summed E-state index contributed by atoms with van der Waals surface area (Å²) in [7, 11) is 0. The Morgan fingerprint density at radius 2 is 0.882 bits per heavy atom. The van der Waals surface area contributed by atoms with Crippen LogP contribution in [0.5, 0.6) is 0 Å². The molecule has 51 heavy (non-hydrogen) atoms. The molecule has 8 aromatic rings. The third-order valence-electron chi connectivity index (χ3n) is 10.2. The van der Waals surface area contributed by atoms with Gasteiger partial charge in [0.2, 0.25) is 0 Å². The molecule has 9 rings (SSSR count). The minimum atomic E-state index is 0.429. The summed E-state index contributed by atoms with van der Waals surface area (Å²) in [6, 6.07) is 68.1. The molecule has 0 radical (unpaired) electrons. The van der Waals surface area contributed by atoms with E-state index in [-0.39, 0.29) is 0 Å². The molecule has 0 amide bonds. The summed E-state index contributed by atoms with van der Waals surface area (Å²) < 4.78 is 0. The number of allylic oxidation sites excluding steroid dienone is 4. The summed E-state index contributed by atoms with van der Waals surface area (Å²) in [5.74, 6) is 0.429. The molecule has 0 N–H and O–H groups in total. The number of fused-ring (bicyclic) bond motifs is 2. The van der Waals surface area contributed by atoms with Crippen LogP contribution in [0.4, 0.5) is 17.1 Å². The van der Waals surface area contributed by atoms with Gasteiger partial charge in [-0.1, -0.05) is 164 Å². The molecule has 0 aromatic heterocycles. The number of nitrogens with zero attached hydrogens (tertiary/aromatic N) is 1. The van der Waals surface area contributed by atoms with Crippen molar-refractivity contribution in [3.8, 4) is 22.3 Å². The van der Waals surface area contributed by atoms with Crippen molar-refractivity contribution in [2.75, 3.05) is 4.90 Å². The number of benzene rings is 8. The summed E-state index contributed by atoms with van der Waals surface area (Å²) in [5.41, 5.74) is 12.2. The van der Waals surface area contributed by atoms with Crippen LogP contribution in [0, 0.1) is 0 Å². The lowest BCUT2D eigenvalue weighted by Crippen LogP contribution is -2.10. The summed E-state index contributed by atoms with van der Waals surface area (Å²) in [6.45, 7) is 0. The average molecular weight is 652 g/mol. The van der Waals surface area contributed by atoms with Gasteiger partial charge in [0.05, 0.1) is 0 Å². The zero-order chi connectivity index (χ0) is 34.0. The van der Waals surface area contributed by atoms with E-state index < -0.39 is 0 Å². The quantitative estimate of drug-likeness (QED) is 0.155. The third kappa shape index (κ3) is 6.05. The minimum absolute atomic E-state index is 0.429. The fourth-order valence-electron chi connectivity index (χ4n) is 7.57. The molecule has 1 nitrogen and oxygen atoms in total. The zero-order valence-corrected chi connectivity index (χ0v) is 28.4. The van der Waals surface area contributed by atoms with Gasteiger partial charge in [-0.3, -0.25) is 0 Å². The lowest BCUT2D eigenvalue weighted by molar-refractivity contribution is 0.856. The van der Waals surface area contributed by atoms with Crippen LogP contribution in [0.25, 0.3) is 49.4 Å².